The molecule has 34 heavy (non-hydrogen) atoms. The highest BCUT2D eigenvalue weighted by atomic mass is 16.5. The van der Waals surface area contributed by atoms with Gasteiger partial charge in [0.2, 0.25) is 0 Å². The summed E-state index contributed by atoms with van der Waals surface area (Å²) in [5.41, 5.74) is 6.06. The van der Waals surface area contributed by atoms with E-state index in [-0.39, 0.29) is 25.0 Å². The average Bonchev–Trinajstić information content (AvgIpc) is 3.16. The number of hydrogen-bond acceptors (Lipinski definition) is 4. The number of ether oxygens (including phenoxy) is 1. The number of carboxylic acid groups (broad SMARTS) is 1. The van der Waals surface area contributed by atoms with Crippen LogP contribution in [0.5, 0.6) is 0 Å². The van der Waals surface area contributed by atoms with E-state index in [0.29, 0.717) is 18.5 Å². The zero-order valence-electron chi connectivity index (χ0n) is 18.9. The molecule has 1 aliphatic carbocycles. The molecule has 174 valence electrons. The summed E-state index contributed by atoms with van der Waals surface area (Å²) in [7, 11) is 1.45. The van der Waals surface area contributed by atoms with Gasteiger partial charge in [0.15, 0.2) is 0 Å². The fourth-order valence-corrected chi connectivity index (χ4v) is 4.27. The molecule has 0 radical (unpaired) electrons. The number of carbonyl (C=O) groups excluding carboxylic acids is 2. The molecule has 1 aliphatic rings. The van der Waals surface area contributed by atoms with E-state index in [2.05, 4.69) is 29.6 Å². The molecule has 2 amide bonds. The van der Waals surface area contributed by atoms with Crippen molar-refractivity contribution in [2.75, 3.05) is 26.7 Å². The molecule has 2 N–H and O–H groups in total. The number of fused-ring (bicyclic) bond motifs is 3. The molecular formula is C27H26N2O5. The minimum Gasteiger partial charge on any atom is -0.480 e. The maximum absolute atomic E-state index is 12.3. The lowest BCUT2D eigenvalue weighted by Gasteiger charge is -2.15. The first-order valence-corrected chi connectivity index (χ1v) is 11.1. The van der Waals surface area contributed by atoms with E-state index in [1.54, 1.807) is 24.3 Å². The number of carboxylic acids is 1. The Morgan fingerprint density at radius 2 is 1.50 bits per heavy atom. The third-order valence-corrected chi connectivity index (χ3v) is 5.95. The topological polar surface area (TPSA) is 95.9 Å². The molecule has 0 aromatic heterocycles. The number of aliphatic carboxylic acids is 1. The van der Waals surface area contributed by atoms with Crippen LogP contribution in [-0.2, 0) is 16.0 Å². The van der Waals surface area contributed by atoms with Crippen molar-refractivity contribution >= 4 is 18.0 Å². The Morgan fingerprint density at radius 3 is 2.09 bits per heavy atom. The van der Waals surface area contributed by atoms with Crippen molar-refractivity contribution in [2.45, 2.75) is 12.3 Å². The van der Waals surface area contributed by atoms with Crippen LogP contribution in [0.2, 0.25) is 0 Å². The minimum absolute atomic E-state index is 0.0162. The van der Waals surface area contributed by atoms with Crippen LogP contribution < -0.4 is 5.32 Å². The number of alkyl carbamates (subject to hydrolysis) is 1. The summed E-state index contributed by atoms with van der Waals surface area (Å²) in [6.45, 7) is 0.300. The van der Waals surface area contributed by atoms with Gasteiger partial charge in [-0.2, -0.15) is 0 Å². The summed E-state index contributed by atoms with van der Waals surface area (Å²) in [4.78, 5) is 36.4. The van der Waals surface area contributed by atoms with Crippen LogP contribution in [0.4, 0.5) is 4.79 Å². The van der Waals surface area contributed by atoms with Crippen molar-refractivity contribution in [2.24, 2.45) is 0 Å². The highest BCUT2D eigenvalue weighted by Crippen LogP contribution is 2.44. The second-order valence-electron chi connectivity index (χ2n) is 8.25. The van der Waals surface area contributed by atoms with Crippen molar-refractivity contribution in [3.05, 3.63) is 95.1 Å². The van der Waals surface area contributed by atoms with Gasteiger partial charge in [0, 0.05) is 25.1 Å². The fourth-order valence-electron chi connectivity index (χ4n) is 4.27. The summed E-state index contributed by atoms with van der Waals surface area (Å²) in [5.74, 6) is -1.40. The third kappa shape index (κ3) is 5.09. The van der Waals surface area contributed by atoms with Crippen LogP contribution in [0.15, 0.2) is 72.8 Å². The Balaban J connectivity index is 1.26. The molecule has 0 saturated heterocycles. The highest BCUT2D eigenvalue weighted by Gasteiger charge is 2.28. The molecule has 7 nitrogen and oxygen atoms in total. The van der Waals surface area contributed by atoms with Gasteiger partial charge in [0.25, 0.3) is 5.91 Å². The van der Waals surface area contributed by atoms with Gasteiger partial charge in [-0.05, 0) is 46.4 Å². The van der Waals surface area contributed by atoms with Crippen molar-refractivity contribution in [1.29, 1.82) is 0 Å². The first-order chi connectivity index (χ1) is 16.4. The lowest BCUT2D eigenvalue weighted by Crippen LogP contribution is -2.31. The van der Waals surface area contributed by atoms with Crippen LogP contribution in [0.3, 0.4) is 0 Å². The Hall–Kier alpha value is -4.13. The van der Waals surface area contributed by atoms with Gasteiger partial charge < -0.3 is 20.1 Å². The second-order valence-corrected chi connectivity index (χ2v) is 8.25. The zero-order valence-corrected chi connectivity index (χ0v) is 18.9. The maximum Gasteiger partial charge on any atom is 0.407 e. The number of rotatable bonds is 8. The first kappa shape index (κ1) is 23.0. The molecule has 0 saturated carbocycles. The Morgan fingerprint density at radius 1 is 0.912 bits per heavy atom. The molecular weight excluding hydrogens is 432 g/mol. The Kier molecular flexibility index (Phi) is 6.92. The summed E-state index contributed by atoms with van der Waals surface area (Å²) < 4.78 is 5.54. The molecule has 3 aromatic rings. The van der Waals surface area contributed by atoms with Crippen molar-refractivity contribution in [1.82, 2.24) is 10.2 Å². The Labute approximate surface area is 198 Å². The van der Waals surface area contributed by atoms with Crippen molar-refractivity contribution in [3.8, 4) is 11.1 Å². The molecule has 0 atom stereocenters. The Bertz CT molecular complexity index is 1160. The predicted molar refractivity (Wildman–Crippen MR) is 128 cm³/mol. The molecule has 0 unspecified atom stereocenters. The summed E-state index contributed by atoms with van der Waals surface area (Å²) in [6, 6.07) is 23.3. The fraction of sp³-hybridized carbons (Fsp3) is 0.222. The number of carbonyl (C=O) groups is 3. The number of hydrogen-bond donors (Lipinski definition) is 2. The first-order valence-electron chi connectivity index (χ1n) is 11.1. The normalized spacial score (nSPS) is 11.9. The van der Waals surface area contributed by atoms with Gasteiger partial charge in [0.05, 0.1) is 0 Å². The molecule has 0 aliphatic heterocycles. The van der Waals surface area contributed by atoms with Crippen LogP contribution >= 0.6 is 0 Å². The molecule has 0 spiro atoms. The summed E-state index contributed by atoms with van der Waals surface area (Å²) in [6.07, 6.45) is 0.104. The third-order valence-electron chi connectivity index (χ3n) is 5.95. The van der Waals surface area contributed by atoms with E-state index in [9.17, 15) is 14.4 Å². The van der Waals surface area contributed by atoms with Gasteiger partial charge in [-0.25, -0.2) is 4.79 Å². The minimum atomic E-state index is -1.06. The molecule has 7 heteroatoms. The number of likely N-dealkylation sites (N-methyl/N-ethyl adjacent to an activating group) is 1. The van der Waals surface area contributed by atoms with E-state index in [4.69, 9.17) is 9.84 Å². The van der Waals surface area contributed by atoms with E-state index < -0.39 is 12.1 Å². The number of amides is 2. The van der Waals surface area contributed by atoms with Gasteiger partial charge >= 0.3 is 12.1 Å². The highest BCUT2D eigenvalue weighted by molar-refractivity contribution is 5.95. The molecule has 0 fully saturated rings. The standard InChI is InChI=1S/C27H26N2O5/c1-29(16-25(30)31)26(32)19-12-10-18(11-13-19)14-15-28-27(33)34-17-24-22-8-4-2-6-20(22)21-7-3-5-9-23(21)24/h2-13,24H,14-17H2,1H3,(H,28,33)(H,30,31). The average molecular weight is 459 g/mol. The van der Waals surface area contributed by atoms with Gasteiger partial charge in [-0.15, -0.1) is 0 Å². The van der Waals surface area contributed by atoms with E-state index in [0.717, 1.165) is 10.5 Å². The van der Waals surface area contributed by atoms with Crippen LogP contribution in [0, 0.1) is 0 Å². The monoisotopic (exact) mass is 458 g/mol. The zero-order chi connectivity index (χ0) is 24.1. The molecule has 0 bridgehead atoms. The SMILES string of the molecule is CN(CC(=O)O)C(=O)c1ccc(CCNC(=O)OCC2c3ccccc3-c3ccccc32)cc1. The number of benzene rings is 3. The lowest BCUT2D eigenvalue weighted by molar-refractivity contribution is -0.137. The molecule has 0 heterocycles. The predicted octanol–water partition coefficient (Wildman–Crippen LogP) is 3.92. The lowest BCUT2D eigenvalue weighted by atomic mass is 9.98. The van der Waals surface area contributed by atoms with Gasteiger partial charge in [-0.3, -0.25) is 9.59 Å². The number of nitrogens with one attached hydrogen (secondary N) is 1. The van der Waals surface area contributed by atoms with Gasteiger partial charge in [-0.1, -0.05) is 60.7 Å². The largest absolute Gasteiger partial charge is 0.480 e. The quantitative estimate of drug-likeness (QED) is 0.533. The summed E-state index contributed by atoms with van der Waals surface area (Å²) in [5, 5.41) is 11.6. The molecule has 4 rings (SSSR count). The van der Waals surface area contributed by atoms with Crippen molar-refractivity contribution < 1.29 is 24.2 Å². The van der Waals surface area contributed by atoms with Crippen molar-refractivity contribution in [3.63, 3.8) is 0 Å². The van der Waals surface area contributed by atoms with Gasteiger partial charge in [0.1, 0.15) is 13.2 Å². The molecule has 3 aromatic carbocycles. The maximum atomic E-state index is 12.3. The van der Waals surface area contributed by atoms with Crippen LogP contribution in [-0.4, -0.2) is 54.7 Å². The van der Waals surface area contributed by atoms with Crippen LogP contribution in [0.25, 0.3) is 11.1 Å². The summed E-state index contributed by atoms with van der Waals surface area (Å²) >= 11 is 0. The second kappa shape index (κ2) is 10.2. The number of nitrogens with zero attached hydrogens (tertiary/aromatic N) is 1. The van der Waals surface area contributed by atoms with E-state index in [1.165, 1.54) is 29.3 Å². The smallest absolute Gasteiger partial charge is 0.407 e. The van der Waals surface area contributed by atoms with Crippen LogP contribution in [0.1, 0.15) is 33.0 Å². The van der Waals surface area contributed by atoms with E-state index >= 15 is 0 Å². The van der Waals surface area contributed by atoms with E-state index in [1.807, 2.05) is 24.3 Å².